The molecule has 0 aromatic heterocycles. The summed E-state index contributed by atoms with van der Waals surface area (Å²) in [5.41, 5.74) is 2.87. The standard InChI is InChI=1S/C25H42O5Si/c1-16(2)31(17(3)4,18(5)6)30-15-20-10-11-21-13-25(23(26)28-8,24(27)29-9)14-22(21)19(7)12-20/h10-11,16-18,20-21H,12-15H2,1-9H3/t20-,21-/m0/s1. The van der Waals surface area contributed by atoms with Crippen LogP contribution in [-0.4, -0.2) is 41.1 Å². The highest BCUT2D eigenvalue weighted by atomic mass is 28.4. The summed E-state index contributed by atoms with van der Waals surface area (Å²) < 4.78 is 16.8. The molecule has 0 aromatic carbocycles. The van der Waals surface area contributed by atoms with Crippen LogP contribution in [0.25, 0.3) is 0 Å². The summed E-state index contributed by atoms with van der Waals surface area (Å²) in [6, 6.07) is 0. The third-order valence-corrected chi connectivity index (χ3v) is 13.7. The zero-order valence-electron chi connectivity index (χ0n) is 20.9. The maximum Gasteiger partial charge on any atom is 0.323 e. The molecule has 2 aliphatic carbocycles. The molecule has 0 aromatic rings. The minimum Gasteiger partial charge on any atom is -0.468 e. The van der Waals surface area contributed by atoms with Gasteiger partial charge in [-0.15, -0.1) is 0 Å². The third-order valence-electron chi connectivity index (χ3n) is 7.65. The van der Waals surface area contributed by atoms with Crippen LogP contribution in [0.2, 0.25) is 16.6 Å². The van der Waals surface area contributed by atoms with E-state index >= 15 is 0 Å². The summed E-state index contributed by atoms with van der Waals surface area (Å²) in [5, 5.41) is 0. The predicted octanol–water partition coefficient (Wildman–Crippen LogP) is 5.81. The van der Waals surface area contributed by atoms with Gasteiger partial charge in [0.25, 0.3) is 0 Å². The first-order valence-electron chi connectivity index (χ1n) is 11.6. The highest BCUT2D eigenvalue weighted by Gasteiger charge is 2.55. The van der Waals surface area contributed by atoms with E-state index in [4.69, 9.17) is 13.9 Å². The largest absolute Gasteiger partial charge is 0.468 e. The monoisotopic (exact) mass is 450 g/mol. The number of esters is 2. The number of carbonyl (C=O) groups is 2. The Balaban J connectivity index is 2.24. The molecule has 0 amide bonds. The molecule has 31 heavy (non-hydrogen) atoms. The fourth-order valence-corrected chi connectivity index (χ4v) is 11.7. The zero-order valence-corrected chi connectivity index (χ0v) is 21.9. The molecule has 2 atom stereocenters. The van der Waals surface area contributed by atoms with Crippen molar-refractivity contribution < 1.29 is 23.5 Å². The van der Waals surface area contributed by atoms with Crippen LogP contribution < -0.4 is 0 Å². The maximum atomic E-state index is 12.6. The number of hydrogen-bond acceptors (Lipinski definition) is 5. The third kappa shape index (κ3) is 4.70. The van der Waals surface area contributed by atoms with Gasteiger partial charge in [0.1, 0.15) is 0 Å². The molecule has 2 aliphatic rings. The van der Waals surface area contributed by atoms with E-state index in [1.165, 1.54) is 25.4 Å². The maximum absolute atomic E-state index is 12.6. The first-order valence-corrected chi connectivity index (χ1v) is 13.8. The second-order valence-electron chi connectivity index (χ2n) is 10.3. The van der Waals surface area contributed by atoms with Crippen LogP contribution in [0.1, 0.15) is 67.7 Å². The molecule has 0 bridgehead atoms. The average molecular weight is 451 g/mol. The van der Waals surface area contributed by atoms with E-state index in [0.29, 0.717) is 35.4 Å². The summed E-state index contributed by atoms with van der Waals surface area (Å²) >= 11 is 0. The minimum absolute atomic E-state index is 0.0606. The second kappa shape index (κ2) is 10.0. The molecule has 1 fully saturated rings. The second-order valence-corrected chi connectivity index (χ2v) is 15.8. The Morgan fingerprint density at radius 3 is 1.97 bits per heavy atom. The summed E-state index contributed by atoms with van der Waals surface area (Å²) in [7, 11) is 0.753. The lowest BCUT2D eigenvalue weighted by Gasteiger charge is -2.42. The molecule has 0 heterocycles. The number of fused-ring (bicyclic) bond motifs is 1. The molecule has 6 heteroatoms. The number of allylic oxidation sites excluding steroid dienone is 3. The highest BCUT2D eigenvalue weighted by molar-refractivity contribution is 6.77. The summed E-state index contributed by atoms with van der Waals surface area (Å²) in [5.74, 6) is -0.623. The average Bonchev–Trinajstić information content (AvgIpc) is 3.04. The Morgan fingerprint density at radius 1 is 1.00 bits per heavy atom. The molecule has 0 spiro atoms. The van der Waals surface area contributed by atoms with Gasteiger partial charge in [-0.05, 0) is 48.7 Å². The van der Waals surface area contributed by atoms with Gasteiger partial charge in [-0.2, -0.15) is 0 Å². The Morgan fingerprint density at radius 2 is 1.52 bits per heavy atom. The van der Waals surface area contributed by atoms with Gasteiger partial charge in [-0.3, -0.25) is 9.59 Å². The van der Waals surface area contributed by atoms with Crippen molar-refractivity contribution in [3.05, 3.63) is 23.3 Å². The van der Waals surface area contributed by atoms with E-state index in [9.17, 15) is 9.59 Å². The normalized spacial score (nSPS) is 23.4. The van der Waals surface area contributed by atoms with Crippen molar-refractivity contribution in [2.45, 2.75) is 84.4 Å². The molecule has 0 saturated heterocycles. The van der Waals surface area contributed by atoms with Gasteiger partial charge >= 0.3 is 11.9 Å². The van der Waals surface area contributed by atoms with Gasteiger partial charge in [0.2, 0.25) is 0 Å². The van der Waals surface area contributed by atoms with Crippen molar-refractivity contribution in [2.75, 3.05) is 20.8 Å². The van der Waals surface area contributed by atoms with Crippen molar-refractivity contribution in [3.63, 3.8) is 0 Å². The molecular formula is C25H42O5Si. The number of methoxy groups -OCH3 is 2. The Bertz CT molecular complexity index is 696. The van der Waals surface area contributed by atoms with Crippen molar-refractivity contribution >= 4 is 20.3 Å². The van der Waals surface area contributed by atoms with Crippen LogP contribution >= 0.6 is 0 Å². The highest BCUT2D eigenvalue weighted by Crippen LogP contribution is 2.51. The Hall–Kier alpha value is -1.40. The fourth-order valence-electron chi connectivity index (χ4n) is 6.21. The van der Waals surface area contributed by atoms with Crippen LogP contribution in [0.5, 0.6) is 0 Å². The van der Waals surface area contributed by atoms with E-state index < -0.39 is 25.7 Å². The van der Waals surface area contributed by atoms with Crippen LogP contribution in [0.4, 0.5) is 0 Å². The van der Waals surface area contributed by atoms with Crippen molar-refractivity contribution in [2.24, 2.45) is 17.3 Å². The molecule has 176 valence electrons. The molecular weight excluding hydrogens is 408 g/mol. The van der Waals surface area contributed by atoms with Gasteiger partial charge in [0, 0.05) is 12.5 Å². The molecule has 1 saturated carbocycles. The van der Waals surface area contributed by atoms with Crippen LogP contribution in [-0.2, 0) is 23.5 Å². The summed E-state index contributed by atoms with van der Waals surface area (Å²) in [4.78, 5) is 25.1. The van der Waals surface area contributed by atoms with Crippen LogP contribution in [0.3, 0.4) is 0 Å². The molecule has 5 nitrogen and oxygen atoms in total. The zero-order chi connectivity index (χ0) is 23.6. The number of hydrogen-bond donors (Lipinski definition) is 0. The van der Waals surface area contributed by atoms with Gasteiger partial charge in [-0.25, -0.2) is 0 Å². The number of rotatable bonds is 8. The van der Waals surface area contributed by atoms with Gasteiger partial charge in [0.15, 0.2) is 13.7 Å². The van der Waals surface area contributed by atoms with Gasteiger partial charge in [-0.1, -0.05) is 64.8 Å². The Labute approximate surface area is 189 Å². The molecule has 0 radical (unpaired) electrons. The lowest BCUT2D eigenvalue weighted by atomic mass is 9.84. The minimum atomic E-state index is -1.91. The fraction of sp³-hybridized carbons (Fsp3) is 0.760. The van der Waals surface area contributed by atoms with Crippen LogP contribution in [0, 0.1) is 17.3 Å². The molecule has 0 unspecified atom stereocenters. The van der Waals surface area contributed by atoms with Crippen molar-refractivity contribution in [3.8, 4) is 0 Å². The van der Waals surface area contributed by atoms with E-state index in [0.717, 1.165) is 13.0 Å². The first-order chi connectivity index (χ1) is 14.5. The molecule has 2 rings (SSSR count). The predicted molar refractivity (Wildman–Crippen MR) is 126 cm³/mol. The summed E-state index contributed by atoms with van der Waals surface area (Å²) in [6.07, 6.45) is 6.09. The lowest BCUT2D eigenvalue weighted by Crippen LogP contribution is -2.48. The van der Waals surface area contributed by atoms with Gasteiger partial charge < -0.3 is 13.9 Å². The quantitative estimate of drug-likeness (QED) is 0.202. The number of ether oxygens (including phenoxy) is 2. The van der Waals surface area contributed by atoms with E-state index in [-0.39, 0.29) is 5.92 Å². The number of carbonyl (C=O) groups excluding carboxylic acids is 2. The first kappa shape index (κ1) is 25.9. The SMILES string of the molecule is COC(=O)C1(C(=O)OC)CC2=C(C)C[C@@H](CO[Si](C(C)C)(C(C)C)C(C)C)C=C[C@H]2C1. The lowest BCUT2D eigenvalue weighted by molar-refractivity contribution is -0.168. The topological polar surface area (TPSA) is 61.8 Å². The molecule has 0 aliphatic heterocycles. The summed E-state index contributed by atoms with van der Waals surface area (Å²) in [6.45, 7) is 16.7. The molecule has 0 N–H and O–H groups in total. The van der Waals surface area contributed by atoms with Crippen molar-refractivity contribution in [1.29, 1.82) is 0 Å². The smallest absolute Gasteiger partial charge is 0.323 e. The van der Waals surface area contributed by atoms with E-state index in [1.54, 1.807) is 0 Å². The van der Waals surface area contributed by atoms with E-state index in [2.05, 4.69) is 60.6 Å². The van der Waals surface area contributed by atoms with Gasteiger partial charge in [0.05, 0.1) is 14.2 Å². The Kier molecular flexibility index (Phi) is 8.37. The van der Waals surface area contributed by atoms with Crippen LogP contribution in [0.15, 0.2) is 23.3 Å². The van der Waals surface area contributed by atoms with Crippen molar-refractivity contribution in [1.82, 2.24) is 0 Å². The van der Waals surface area contributed by atoms with E-state index in [1.807, 2.05) is 0 Å².